The summed E-state index contributed by atoms with van der Waals surface area (Å²) in [6.45, 7) is 2.36. The molecule has 4 nitrogen and oxygen atoms in total. The van der Waals surface area contributed by atoms with Crippen LogP contribution in [0.3, 0.4) is 0 Å². The average molecular weight is 338 g/mol. The number of phenols is 2. The minimum atomic E-state index is -0.121. The maximum absolute atomic E-state index is 9.79. The molecule has 0 spiro atoms. The van der Waals surface area contributed by atoms with Crippen LogP contribution in [0.1, 0.15) is 11.1 Å². The summed E-state index contributed by atoms with van der Waals surface area (Å²) in [5, 5.41) is 22.5. The summed E-state index contributed by atoms with van der Waals surface area (Å²) in [6, 6.07) is 8.75. The third kappa shape index (κ3) is 2.99. The van der Waals surface area contributed by atoms with Crippen molar-refractivity contribution >= 4 is 21.6 Å². The lowest BCUT2D eigenvalue weighted by atomic mass is 10.1. The van der Waals surface area contributed by atoms with E-state index < -0.39 is 0 Å². The van der Waals surface area contributed by atoms with Gasteiger partial charge in [-0.15, -0.1) is 0 Å². The van der Waals surface area contributed by atoms with Crippen molar-refractivity contribution in [3.63, 3.8) is 0 Å². The molecular formula is C15H16BrNO3. The van der Waals surface area contributed by atoms with Crippen LogP contribution < -0.4 is 10.1 Å². The number of anilines is 1. The molecule has 20 heavy (non-hydrogen) atoms. The Morgan fingerprint density at radius 2 is 2.00 bits per heavy atom. The van der Waals surface area contributed by atoms with E-state index in [-0.39, 0.29) is 11.5 Å². The van der Waals surface area contributed by atoms with Gasteiger partial charge in [0, 0.05) is 16.6 Å². The fourth-order valence-corrected chi connectivity index (χ4v) is 2.56. The molecule has 0 radical (unpaired) electrons. The molecule has 0 atom stereocenters. The average Bonchev–Trinajstić information content (AvgIpc) is 2.41. The molecule has 0 aliphatic carbocycles. The number of rotatable bonds is 4. The summed E-state index contributed by atoms with van der Waals surface area (Å²) >= 11 is 3.42. The monoisotopic (exact) mass is 337 g/mol. The van der Waals surface area contributed by atoms with E-state index in [1.54, 1.807) is 19.2 Å². The first-order valence-electron chi connectivity index (χ1n) is 6.10. The lowest BCUT2D eigenvalue weighted by Crippen LogP contribution is -2.03. The highest BCUT2D eigenvalue weighted by molar-refractivity contribution is 9.10. The molecule has 2 rings (SSSR count). The largest absolute Gasteiger partial charge is 0.504 e. The van der Waals surface area contributed by atoms with Gasteiger partial charge >= 0.3 is 0 Å². The Hall–Kier alpha value is -1.88. The minimum absolute atomic E-state index is 0.103. The fraction of sp³-hybridized carbons (Fsp3) is 0.200. The van der Waals surface area contributed by atoms with Gasteiger partial charge in [-0.1, -0.05) is 28.1 Å². The van der Waals surface area contributed by atoms with Gasteiger partial charge in [0.15, 0.2) is 11.5 Å². The lowest BCUT2D eigenvalue weighted by Gasteiger charge is -2.15. The molecule has 5 heteroatoms. The third-order valence-electron chi connectivity index (χ3n) is 3.04. The van der Waals surface area contributed by atoms with Crippen LogP contribution in [0.25, 0.3) is 0 Å². The van der Waals surface area contributed by atoms with Gasteiger partial charge in [0.05, 0.1) is 12.8 Å². The molecule has 0 aromatic heterocycles. The van der Waals surface area contributed by atoms with Crippen LogP contribution in [0, 0.1) is 6.92 Å². The van der Waals surface area contributed by atoms with Crippen molar-refractivity contribution in [2.75, 3.05) is 12.4 Å². The lowest BCUT2D eigenvalue weighted by molar-refractivity contribution is 0.399. The number of para-hydroxylation sites is 1. The zero-order valence-electron chi connectivity index (χ0n) is 11.3. The molecule has 0 amide bonds. The maximum Gasteiger partial charge on any atom is 0.162 e. The molecule has 0 bridgehead atoms. The molecule has 2 aromatic rings. The van der Waals surface area contributed by atoms with Crippen LogP contribution in [0.2, 0.25) is 0 Å². The van der Waals surface area contributed by atoms with Gasteiger partial charge < -0.3 is 20.3 Å². The second kappa shape index (κ2) is 6.05. The Kier molecular flexibility index (Phi) is 4.39. The molecule has 0 fully saturated rings. The van der Waals surface area contributed by atoms with Gasteiger partial charge in [0.2, 0.25) is 0 Å². The van der Waals surface area contributed by atoms with E-state index in [0.717, 1.165) is 21.5 Å². The number of aryl methyl sites for hydroxylation is 1. The van der Waals surface area contributed by atoms with Crippen molar-refractivity contribution in [2.24, 2.45) is 0 Å². The van der Waals surface area contributed by atoms with Crippen LogP contribution in [0.5, 0.6) is 17.2 Å². The predicted octanol–water partition coefficient (Wildman–Crippen LogP) is 3.79. The number of aromatic hydroxyl groups is 2. The van der Waals surface area contributed by atoms with Gasteiger partial charge in [-0.25, -0.2) is 0 Å². The van der Waals surface area contributed by atoms with E-state index in [1.165, 1.54) is 6.07 Å². The Morgan fingerprint density at radius 1 is 1.25 bits per heavy atom. The number of hydrogen-bond acceptors (Lipinski definition) is 4. The van der Waals surface area contributed by atoms with Gasteiger partial charge in [0.1, 0.15) is 5.75 Å². The number of methoxy groups -OCH3 is 1. The highest BCUT2D eigenvalue weighted by Crippen LogP contribution is 2.34. The Balaban J connectivity index is 2.25. The van der Waals surface area contributed by atoms with Crippen LogP contribution in [-0.2, 0) is 6.54 Å². The van der Waals surface area contributed by atoms with E-state index in [0.29, 0.717) is 12.1 Å². The number of phenolic OH excluding ortho intramolecular Hbond substituents is 2. The molecule has 3 N–H and O–H groups in total. The number of halogens is 1. The quantitative estimate of drug-likeness (QED) is 0.743. The third-order valence-corrected chi connectivity index (χ3v) is 3.50. The second-order valence-corrected chi connectivity index (χ2v) is 5.35. The molecule has 2 aromatic carbocycles. The molecule has 0 aliphatic rings. The van der Waals surface area contributed by atoms with Crippen LogP contribution >= 0.6 is 15.9 Å². The van der Waals surface area contributed by atoms with Gasteiger partial charge in [-0.2, -0.15) is 0 Å². The number of benzene rings is 2. The van der Waals surface area contributed by atoms with Crippen molar-refractivity contribution in [1.82, 2.24) is 0 Å². The van der Waals surface area contributed by atoms with Gasteiger partial charge in [-0.3, -0.25) is 0 Å². The van der Waals surface area contributed by atoms with E-state index in [1.807, 2.05) is 19.1 Å². The van der Waals surface area contributed by atoms with Crippen molar-refractivity contribution in [3.05, 3.63) is 45.9 Å². The predicted molar refractivity (Wildman–Crippen MR) is 82.5 cm³/mol. The van der Waals surface area contributed by atoms with Crippen LogP contribution in [0.4, 0.5) is 5.69 Å². The molecular weight excluding hydrogens is 322 g/mol. The normalized spacial score (nSPS) is 10.3. The molecule has 0 unspecified atom stereocenters. The standard InChI is InChI=1S/C15H16BrNO3/c1-9-6-11(16)7-13(20-2)14(9)17-8-10-4-3-5-12(18)15(10)19/h3-7,17-19H,8H2,1-2H3. The Morgan fingerprint density at radius 3 is 2.70 bits per heavy atom. The Labute approximate surface area is 126 Å². The van der Waals surface area contributed by atoms with Gasteiger partial charge in [0.25, 0.3) is 0 Å². The van der Waals surface area contributed by atoms with E-state index in [9.17, 15) is 10.2 Å². The van der Waals surface area contributed by atoms with Gasteiger partial charge in [-0.05, 0) is 30.7 Å². The zero-order valence-corrected chi connectivity index (χ0v) is 12.9. The maximum atomic E-state index is 9.79. The molecule has 0 aliphatic heterocycles. The van der Waals surface area contributed by atoms with E-state index in [4.69, 9.17) is 4.74 Å². The van der Waals surface area contributed by atoms with Crippen LogP contribution in [-0.4, -0.2) is 17.3 Å². The second-order valence-electron chi connectivity index (χ2n) is 4.44. The summed E-state index contributed by atoms with van der Waals surface area (Å²) in [7, 11) is 1.61. The van der Waals surface area contributed by atoms with Crippen molar-refractivity contribution < 1.29 is 14.9 Å². The van der Waals surface area contributed by atoms with E-state index in [2.05, 4.69) is 21.2 Å². The molecule has 0 heterocycles. The van der Waals surface area contributed by atoms with Crippen LogP contribution in [0.15, 0.2) is 34.8 Å². The smallest absolute Gasteiger partial charge is 0.162 e. The highest BCUT2D eigenvalue weighted by Gasteiger charge is 2.10. The van der Waals surface area contributed by atoms with Crippen molar-refractivity contribution in [3.8, 4) is 17.2 Å². The van der Waals surface area contributed by atoms with Crippen molar-refractivity contribution in [1.29, 1.82) is 0 Å². The number of hydrogen-bond donors (Lipinski definition) is 3. The number of ether oxygens (including phenoxy) is 1. The zero-order chi connectivity index (χ0) is 14.7. The summed E-state index contributed by atoms with van der Waals surface area (Å²) in [5.74, 6) is 0.494. The molecule has 0 saturated carbocycles. The molecule has 106 valence electrons. The Bertz CT molecular complexity index is 629. The SMILES string of the molecule is COc1cc(Br)cc(C)c1NCc1cccc(O)c1O. The van der Waals surface area contributed by atoms with E-state index >= 15 is 0 Å². The summed E-state index contributed by atoms with van der Waals surface area (Å²) in [5.41, 5.74) is 2.50. The summed E-state index contributed by atoms with van der Waals surface area (Å²) in [4.78, 5) is 0. The topological polar surface area (TPSA) is 61.7 Å². The minimum Gasteiger partial charge on any atom is -0.504 e. The fourth-order valence-electron chi connectivity index (χ4n) is 2.00. The summed E-state index contributed by atoms with van der Waals surface area (Å²) in [6.07, 6.45) is 0. The number of nitrogens with one attached hydrogen (secondary N) is 1. The summed E-state index contributed by atoms with van der Waals surface area (Å²) < 4.78 is 6.29. The first-order valence-corrected chi connectivity index (χ1v) is 6.90. The van der Waals surface area contributed by atoms with Crippen molar-refractivity contribution in [2.45, 2.75) is 13.5 Å². The molecule has 0 saturated heterocycles. The highest BCUT2D eigenvalue weighted by atomic mass is 79.9. The first-order chi connectivity index (χ1) is 9.52. The first kappa shape index (κ1) is 14.5.